The van der Waals surface area contributed by atoms with Crippen molar-refractivity contribution in [2.45, 2.75) is 25.5 Å². The Morgan fingerprint density at radius 1 is 1.10 bits per heavy atom. The molecule has 2 nitrogen and oxygen atoms in total. The van der Waals surface area contributed by atoms with Crippen LogP contribution in [0.3, 0.4) is 0 Å². The van der Waals surface area contributed by atoms with Gasteiger partial charge in [0.2, 0.25) is 0 Å². The number of thiophene rings is 1. The third kappa shape index (κ3) is 3.29. The van der Waals surface area contributed by atoms with Crippen molar-refractivity contribution in [2.75, 3.05) is 13.1 Å². The van der Waals surface area contributed by atoms with Crippen LogP contribution in [-0.4, -0.2) is 23.1 Å². The molecule has 20 heavy (non-hydrogen) atoms. The van der Waals surface area contributed by atoms with Crippen LogP contribution in [0.4, 0.5) is 0 Å². The molecule has 0 spiro atoms. The van der Waals surface area contributed by atoms with E-state index in [1.165, 1.54) is 5.56 Å². The standard InChI is InChI=1S/C17H21NOS/c19-17(16-7-4-12-20-16)15-8-10-18(11-9-15)13-14-5-2-1-3-6-14/h1-7,12,15,17,19H,8-11,13H2. The van der Waals surface area contributed by atoms with E-state index in [4.69, 9.17) is 0 Å². The summed E-state index contributed by atoms with van der Waals surface area (Å²) in [5.74, 6) is 0.417. The van der Waals surface area contributed by atoms with Crippen molar-refractivity contribution in [3.63, 3.8) is 0 Å². The molecule has 0 bridgehead atoms. The van der Waals surface area contributed by atoms with Crippen LogP contribution in [0.5, 0.6) is 0 Å². The number of hydrogen-bond donors (Lipinski definition) is 1. The van der Waals surface area contributed by atoms with Crippen molar-refractivity contribution >= 4 is 11.3 Å². The van der Waals surface area contributed by atoms with Crippen molar-refractivity contribution in [3.05, 3.63) is 58.3 Å². The van der Waals surface area contributed by atoms with Gasteiger partial charge in [0.05, 0.1) is 6.10 Å². The van der Waals surface area contributed by atoms with Gasteiger partial charge in [-0.05, 0) is 48.9 Å². The second kappa shape index (κ2) is 6.53. The van der Waals surface area contributed by atoms with Gasteiger partial charge in [-0.1, -0.05) is 36.4 Å². The molecular weight excluding hydrogens is 266 g/mol. The number of hydrogen-bond acceptors (Lipinski definition) is 3. The summed E-state index contributed by atoms with van der Waals surface area (Å²) < 4.78 is 0. The van der Waals surface area contributed by atoms with E-state index < -0.39 is 0 Å². The minimum absolute atomic E-state index is 0.270. The van der Waals surface area contributed by atoms with Crippen LogP contribution in [-0.2, 0) is 6.54 Å². The summed E-state index contributed by atoms with van der Waals surface area (Å²) in [6.45, 7) is 3.20. The second-order valence-corrected chi connectivity index (χ2v) is 6.54. The average Bonchev–Trinajstić information content (AvgIpc) is 3.03. The van der Waals surface area contributed by atoms with Crippen LogP contribution in [0.1, 0.15) is 29.4 Å². The van der Waals surface area contributed by atoms with Gasteiger partial charge in [-0.3, -0.25) is 4.90 Å². The molecule has 1 aliphatic heterocycles. The fraction of sp³-hybridized carbons (Fsp3) is 0.412. The van der Waals surface area contributed by atoms with Crippen LogP contribution in [0, 0.1) is 5.92 Å². The molecule has 1 aromatic carbocycles. The van der Waals surface area contributed by atoms with Gasteiger partial charge in [0.15, 0.2) is 0 Å². The van der Waals surface area contributed by atoms with Crippen molar-refractivity contribution in [1.29, 1.82) is 0 Å². The topological polar surface area (TPSA) is 23.5 Å². The highest BCUT2D eigenvalue weighted by Gasteiger charge is 2.26. The van der Waals surface area contributed by atoms with Crippen molar-refractivity contribution in [1.82, 2.24) is 4.90 Å². The normalized spacial score (nSPS) is 19.1. The predicted octanol–water partition coefficient (Wildman–Crippen LogP) is 3.69. The number of likely N-dealkylation sites (tertiary alicyclic amines) is 1. The summed E-state index contributed by atoms with van der Waals surface area (Å²) in [6.07, 6.45) is 1.91. The van der Waals surface area contributed by atoms with E-state index >= 15 is 0 Å². The first kappa shape index (κ1) is 13.8. The van der Waals surface area contributed by atoms with E-state index in [2.05, 4.69) is 35.2 Å². The Balaban J connectivity index is 1.52. The molecule has 1 fully saturated rings. The lowest BCUT2D eigenvalue weighted by Crippen LogP contribution is -2.35. The molecule has 106 valence electrons. The van der Waals surface area contributed by atoms with Crippen LogP contribution >= 0.6 is 11.3 Å². The monoisotopic (exact) mass is 287 g/mol. The Morgan fingerprint density at radius 3 is 2.50 bits per heavy atom. The maximum Gasteiger partial charge on any atom is 0.0910 e. The zero-order chi connectivity index (χ0) is 13.8. The number of aliphatic hydroxyl groups is 1. The van der Waals surface area contributed by atoms with Gasteiger partial charge >= 0.3 is 0 Å². The summed E-state index contributed by atoms with van der Waals surface area (Å²) >= 11 is 1.66. The van der Waals surface area contributed by atoms with E-state index in [0.29, 0.717) is 5.92 Å². The first-order chi connectivity index (χ1) is 9.83. The third-order valence-electron chi connectivity index (χ3n) is 4.16. The highest BCUT2D eigenvalue weighted by molar-refractivity contribution is 7.10. The number of aliphatic hydroxyl groups excluding tert-OH is 1. The van der Waals surface area contributed by atoms with E-state index in [0.717, 1.165) is 37.4 Å². The van der Waals surface area contributed by atoms with Crippen molar-refractivity contribution in [2.24, 2.45) is 5.92 Å². The molecular formula is C17H21NOS. The van der Waals surface area contributed by atoms with Gasteiger partial charge in [0.1, 0.15) is 0 Å². The molecule has 2 heterocycles. The fourth-order valence-electron chi connectivity index (χ4n) is 2.96. The predicted molar refractivity (Wildman–Crippen MR) is 83.7 cm³/mol. The molecule has 1 saturated heterocycles. The highest BCUT2D eigenvalue weighted by Crippen LogP contribution is 2.33. The number of benzene rings is 1. The van der Waals surface area contributed by atoms with Gasteiger partial charge in [0.25, 0.3) is 0 Å². The van der Waals surface area contributed by atoms with E-state index in [-0.39, 0.29) is 6.10 Å². The molecule has 1 atom stereocenters. The number of rotatable bonds is 4. The molecule has 1 unspecified atom stereocenters. The van der Waals surface area contributed by atoms with E-state index in [1.807, 2.05) is 17.5 Å². The van der Waals surface area contributed by atoms with Gasteiger partial charge in [-0.2, -0.15) is 0 Å². The van der Waals surface area contributed by atoms with Crippen LogP contribution in [0.15, 0.2) is 47.8 Å². The summed E-state index contributed by atoms with van der Waals surface area (Å²) in [5.41, 5.74) is 1.38. The lowest BCUT2D eigenvalue weighted by atomic mass is 9.90. The van der Waals surface area contributed by atoms with Crippen molar-refractivity contribution < 1.29 is 5.11 Å². The summed E-state index contributed by atoms with van der Waals surface area (Å²) in [6, 6.07) is 14.7. The Labute approximate surface area is 124 Å². The lowest BCUT2D eigenvalue weighted by Gasteiger charge is -2.34. The molecule has 1 aromatic heterocycles. The maximum atomic E-state index is 10.4. The second-order valence-electron chi connectivity index (χ2n) is 5.56. The number of nitrogens with zero attached hydrogens (tertiary/aromatic N) is 1. The van der Waals surface area contributed by atoms with Gasteiger partial charge in [-0.25, -0.2) is 0 Å². The Bertz CT molecular complexity index is 503. The SMILES string of the molecule is OC(c1cccs1)C1CCN(Cc2ccccc2)CC1. The van der Waals surface area contributed by atoms with Crippen LogP contribution < -0.4 is 0 Å². The van der Waals surface area contributed by atoms with E-state index in [1.54, 1.807) is 11.3 Å². The van der Waals surface area contributed by atoms with Gasteiger partial charge < -0.3 is 5.11 Å². The quantitative estimate of drug-likeness (QED) is 0.927. The molecule has 3 rings (SSSR count). The largest absolute Gasteiger partial charge is 0.387 e. The smallest absolute Gasteiger partial charge is 0.0910 e. The molecule has 1 aliphatic rings. The minimum Gasteiger partial charge on any atom is -0.387 e. The van der Waals surface area contributed by atoms with Crippen LogP contribution in [0.2, 0.25) is 0 Å². The molecule has 1 N–H and O–H groups in total. The average molecular weight is 287 g/mol. The Kier molecular flexibility index (Phi) is 4.51. The molecule has 3 heteroatoms. The summed E-state index contributed by atoms with van der Waals surface area (Å²) in [5, 5.41) is 12.4. The van der Waals surface area contributed by atoms with Gasteiger partial charge in [-0.15, -0.1) is 11.3 Å². The molecule has 0 aliphatic carbocycles. The highest BCUT2D eigenvalue weighted by atomic mass is 32.1. The van der Waals surface area contributed by atoms with E-state index in [9.17, 15) is 5.11 Å². The number of piperidine rings is 1. The summed E-state index contributed by atoms with van der Waals surface area (Å²) in [7, 11) is 0. The fourth-order valence-corrected chi connectivity index (χ4v) is 3.76. The molecule has 2 aromatic rings. The first-order valence-electron chi connectivity index (χ1n) is 7.30. The minimum atomic E-state index is -0.270. The van der Waals surface area contributed by atoms with Crippen molar-refractivity contribution in [3.8, 4) is 0 Å². The van der Waals surface area contributed by atoms with Gasteiger partial charge in [0, 0.05) is 11.4 Å². The van der Waals surface area contributed by atoms with Crippen LogP contribution in [0.25, 0.3) is 0 Å². The maximum absolute atomic E-state index is 10.4. The molecule has 0 amide bonds. The Hall–Kier alpha value is -1.16. The zero-order valence-corrected chi connectivity index (χ0v) is 12.4. The molecule has 0 radical (unpaired) electrons. The summed E-state index contributed by atoms with van der Waals surface area (Å²) in [4.78, 5) is 3.61. The Morgan fingerprint density at radius 2 is 1.85 bits per heavy atom. The molecule has 0 saturated carbocycles. The zero-order valence-electron chi connectivity index (χ0n) is 11.6. The first-order valence-corrected chi connectivity index (χ1v) is 8.18. The lowest BCUT2D eigenvalue weighted by molar-refractivity contribution is 0.0591. The third-order valence-corrected chi connectivity index (χ3v) is 5.11.